The summed E-state index contributed by atoms with van der Waals surface area (Å²) < 4.78 is 3.55. The summed E-state index contributed by atoms with van der Waals surface area (Å²) in [5.41, 5.74) is 7.72. The van der Waals surface area contributed by atoms with Gasteiger partial charge < -0.3 is 10.6 Å². The van der Waals surface area contributed by atoms with Crippen LogP contribution >= 0.6 is 0 Å². The minimum atomic E-state index is -0.461. The highest BCUT2D eigenvalue weighted by molar-refractivity contribution is 5.92. The Balaban J connectivity index is 1.61. The van der Waals surface area contributed by atoms with Crippen LogP contribution in [0.25, 0.3) is 5.78 Å². The zero-order chi connectivity index (χ0) is 16.1. The SMILES string of the molecule is Cc1nc2ncnn2c(N2CC(n3cc(C(N)=O)cn3)C2)c1C. The van der Waals surface area contributed by atoms with E-state index in [1.807, 2.05) is 13.8 Å². The van der Waals surface area contributed by atoms with Crippen molar-refractivity contribution in [2.45, 2.75) is 19.9 Å². The molecule has 3 aromatic heterocycles. The molecule has 9 nitrogen and oxygen atoms in total. The van der Waals surface area contributed by atoms with Crippen molar-refractivity contribution in [3.8, 4) is 0 Å². The van der Waals surface area contributed by atoms with E-state index >= 15 is 0 Å². The quantitative estimate of drug-likeness (QED) is 0.735. The molecule has 0 aliphatic carbocycles. The molecule has 2 N–H and O–H groups in total. The number of aromatic nitrogens is 6. The number of nitrogens with zero attached hydrogens (tertiary/aromatic N) is 7. The Labute approximate surface area is 131 Å². The number of amides is 1. The van der Waals surface area contributed by atoms with Crippen LogP contribution in [0.1, 0.15) is 27.7 Å². The molecule has 1 saturated heterocycles. The van der Waals surface area contributed by atoms with Gasteiger partial charge in [0.15, 0.2) is 0 Å². The van der Waals surface area contributed by atoms with Gasteiger partial charge in [0, 0.05) is 30.5 Å². The lowest BCUT2D eigenvalue weighted by molar-refractivity contribution is 0.1000. The largest absolute Gasteiger partial charge is 0.366 e. The third-order valence-corrected chi connectivity index (χ3v) is 4.30. The molecule has 0 radical (unpaired) electrons. The molecule has 0 spiro atoms. The van der Waals surface area contributed by atoms with Crippen molar-refractivity contribution in [3.63, 3.8) is 0 Å². The second-order valence-electron chi connectivity index (χ2n) is 5.75. The van der Waals surface area contributed by atoms with Crippen molar-refractivity contribution in [3.05, 3.63) is 35.5 Å². The highest BCUT2D eigenvalue weighted by atomic mass is 16.1. The first-order chi connectivity index (χ1) is 11.0. The van der Waals surface area contributed by atoms with E-state index in [0.29, 0.717) is 11.3 Å². The number of aryl methyl sites for hydroxylation is 1. The first kappa shape index (κ1) is 13.7. The second kappa shape index (κ2) is 4.77. The predicted molar refractivity (Wildman–Crippen MR) is 82.3 cm³/mol. The van der Waals surface area contributed by atoms with Gasteiger partial charge in [-0.25, -0.2) is 4.98 Å². The number of rotatable bonds is 3. The maximum Gasteiger partial charge on any atom is 0.254 e. The number of hydrogen-bond acceptors (Lipinski definition) is 6. The topological polar surface area (TPSA) is 107 Å². The minimum absolute atomic E-state index is 0.203. The zero-order valence-electron chi connectivity index (χ0n) is 12.8. The predicted octanol–water partition coefficient (Wildman–Crippen LogP) is 0.0978. The molecular weight excluding hydrogens is 296 g/mol. The van der Waals surface area contributed by atoms with E-state index < -0.39 is 5.91 Å². The van der Waals surface area contributed by atoms with Crippen molar-refractivity contribution in [2.75, 3.05) is 18.0 Å². The molecule has 1 aliphatic rings. The maximum atomic E-state index is 11.2. The molecule has 9 heteroatoms. The van der Waals surface area contributed by atoms with Gasteiger partial charge in [-0.2, -0.15) is 19.7 Å². The highest BCUT2D eigenvalue weighted by Gasteiger charge is 2.32. The molecule has 1 amide bonds. The van der Waals surface area contributed by atoms with Crippen LogP contribution < -0.4 is 10.6 Å². The van der Waals surface area contributed by atoms with Gasteiger partial charge in [0.05, 0.1) is 17.8 Å². The average Bonchev–Trinajstić information content (AvgIpc) is 3.10. The van der Waals surface area contributed by atoms with Crippen molar-refractivity contribution in [1.82, 2.24) is 29.4 Å². The van der Waals surface area contributed by atoms with Gasteiger partial charge >= 0.3 is 0 Å². The van der Waals surface area contributed by atoms with E-state index in [1.54, 1.807) is 15.4 Å². The van der Waals surface area contributed by atoms with E-state index in [1.165, 1.54) is 12.5 Å². The zero-order valence-corrected chi connectivity index (χ0v) is 12.8. The lowest BCUT2D eigenvalue weighted by atomic mass is 10.1. The van der Waals surface area contributed by atoms with Crippen LogP contribution in [-0.2, 0) is 0 Å². The average molecular weight is 312 g/mol. The van der Waals surface area contributed by atoms with Crippen molar-refractivity contribution >= 4 is 17.5 Å². The van der Waals surface area contributed by atoms with Crippen LogP contribution in [0.5, 0.6) is 0 Å². The lowest BCUT2D eigenvalue weighted by Crippen LogP contribution is -2.49. The first-order valence-electron chi connectivity index (χ1n) is 7.30. The summed E-state index contributed by atoms with van der Waals surface area (Å²) in [7, 11) is 0. The van der Waals surface area contributed by atoms with Gasteiger partial charge in [-0.15, -0.1) is 0 Å². The summed E-state index contributed by atoms with van der Waals surface area (Å²) in [6.45, 7) is 5.56. The summed E-state index contributed by atoms with van der Waals surface area (Å²) in [6.07, 6.45) is 4.71. The summed E-state index contributed by atoms with van der Waals surface area (Å²) in [5.74, 6) is 1.14. The summed E-state index contributed by atoms with van der Waals surface area (Å²) >= 11 is 0. The molecule has 4 rings (SSSR count). The number of nitrogens with two attached hydrogens (primary N) is 1. The first-order valence-corrected chi connectivity index (χ1v) is 7.30. The summed E-state index contributed by atoms with van der Waals surface area (Å²) in [5, 5.41) is 8.49. The molecular formula is C14H16N8O. The Morgan fingerprint density at radius 2 is 2.09 bits per heavy atom. The number of carbonyl (C=O) groups excluding carboxylic acids is 1. The van der Waals surface area contributed by atoms with E-state index in [2.05, 4.69) is 25.1 Å². The lowest BCUT2D eigenvalue weighted by Gasteiger charge is -2.41. The Kier molecular flexibility index (Phi) is 2.83. The molecule has 23 heavy (non-hydrogen) atoms. The fraction of sp³-hybridized carbons (Fsp3) is 0.357. The Hall–Kier alpha value is -2.97. The van der Waals surface area contributed by atoms with Crippen LogP contribution in [-0.4, -0.2) is 48.4 Å². The molecule has 118 valence electrons. The summed E-state index contributed by atoms with van der Waals surface area (Å²) in [6, 6.07) is 0.203. The second-order valence-corrected chi connectivity index (χ2v) is 5.75. The molecule has 0 aromatic carbocycles. The molecule has 4 heterocycles. The van der Waals surface area contributed by atoms with Gasteiger partial charge in [-0.1, -0.05) is 0 Å². The molecule has 1 aliphatic heterocycles. The summed E-state index contributed by atoms with van der Waals surface area (Å²) in [4.78, 5) is 22.0. The maximum absolute atomic E-state index is 11.2. The Morgan fingerprint density at radius 3 is 2.78 bits per heavy atom. The van der Waals surface area contributed by atoms with Crippen molar-refractivity contribution in [2.24, 2.45) is 5.73 Å². The van der Waals surface area contributed by atoms with Crippen LogP contribution in [0, 0.1) is 13.8 Å². The normalized spacial score (nSPS) is 15.1. The monoisotopic (exact) mass is 312 g/mol. The van der Waals surface area contributed by atoms with Crippen LogP contribution in [0.4, 0.5) is 5.82 Å². The fourth-order valence-electron chi connectivity index (χ4n) is 2.85. The van der Waals surface area contributed by atoms with Gasteiger partial charge in [-0.3, -0.25) is 9.48 Å². The Morgan fingerprint density at radius 1 is 1.30 bits per heavy atom. The van der Waals surface area contributed by atoms with Crippen molar-refractivity contribution < 1.29 is 4.79 Å². The number of anilines is 1. The van der Waals surface area contributed by atoms with Gasteiger partial charge in [0.1, 0.15) is 12.1 Å². The van der Waals surface area contributed by atoms with Crippen LogP contribution in [0.2, 0.25) is 0 Å². The van der Waals surface area contributed by atoms with Crippen LogP contribution in [0.3, 0.4) is 0 Å². The highest BCUT2D eigenvalue weighted by Crippen LogP contribution is 2.30. The van der Waals surface area contributed by atoms with E-state index in [4.69, 9.17) is 5.73 Å². The molecule has 0 unspecified atom stereocenters. The number of carbonyl (C=O) groups is 1. The van der Waals surface area contributed by atoms with E-state index in [9.17, 15) is 4.79 Å². The standard InChI is InChI=1S/C14H16N8O/c1-8-9(2)19-14-16-7-18-22(14)13(8)20-5-11(6-20)21-4-10(3-17-21)12(15)23/h3-4,7,11H,5-6H2,1-2H3,(H2,15,23). The smallest absolute Gasteiger partial charge is 0.254 e. The third-order valence-electron chi connectivity index (χ3n) is 4.30. The number of fused-ring (bicyclic) bond motifs is 1. The number of primary amides is 1. The van der Waals surface area contributed by atoms with Gasteiger partial charge in [0.2, 0.25) is 0 Å². The minimum Gasteiger partial charge on any atom is -0.366 e. The fourth-order valence-corrected chi connectivity index (χ4v) is 2.85. The molecule has 0 saturated carbocycles. The molecule has 3 aromatic rings. The third kappa shape index (κ3) is 2.04. The van der Waals surface area contributed by atoms with Crippen molar-refractivity contribution in [1.29, 1.82) is 0 Å². The van der Waals surface area contributed by atoms with Gasteiger partial charge in [-0.05, 0) is 13.8 Å². The van der Waals surface area contributed by atoms with E-state index in [0.717, 1.165) is 30.2 Å². The van der Waals surface area contributed by atoms with Crippen LogP contribution in [0.15, 0.2) is 18.7 Å². The number of hydrogen-bond donors (Lipinski definition) is 1. The molecule has 0 atom stereocenters. The molecule has 0 bridgehead atoms. The molecule has 1 fully saturated rings. The van der Waals surface area contributed by atoms with Gasteiger partial charge in [0.25, 0.3) is 11.7 Å². The Bertz CT molecular complexity index is 905. The van der Waals surface area contributed by atoms with E-state index in [-0.39, 0.29) is 6.04 Å².